The third-order valence-electron chi connectivity index (χ3n) is 3.44. The van der Waals surface area contributed by atoms with Gasteiger partial charge in [0, 0.05) is 23.0 Å². The first kappa shape index (κ1) is 15.8. The number of halogens is 1. The van der Waals surface area contributed by atoms with E-state index in [0.29, 0.717) is 17.3 Å². The topological polar surface area (TPSA) is 38.1 Å². The van der Waals surface area contributed by atoms with E-state index in [1.54, 1.807) is 46.3 Å². The fourth-order valence-electron chi connectivity index (χ4n) is 2.28. The van der Waals surface area contributed by atoms with Gasteiger partial charge in [0.15, 0.2) is 5.69 Å². The zero-order chi connectivity index (χ0) is 16.4. The Kier molecular flexibility index (Phi) is 4.50. The molecule has 0 spiro atoms. The number of aromatic nitrogens is 2. The molecule has 0 saturated carbocycles. The van der Waals surface area contributed by atoms with E-state index in [0.717, 1.165) is 10.6 Å². The molecule has 0 N–H and O–H groups in total. The molecule has 1 aromatic carbocycles. The van der Waals surface area contributed by atoms with Crippen LogP contribution in [0.5, 0.6) is 0 Å². The molecule has 6 heteroatoms. The highest BCUT2D eigenvalue weighted by atomic mass is 35.5. The highest BCUT2D eigenvalue weighted by Gasteiger charge is 2.16. The van der Waals surface area contributed by atoms with Crippen molar-refractivity contribution in [2.24, 2.45) is 0 Å². The Bertz CT molecular complexity index is 840. The summed E-state index contributed by atoms with van der Waals surface area (Å²) in [4.78, 5) is 16.6. The van der Waals surface area contributed by atoms with Crippen molar-refractivity contribution >= 4 is 28.8 Å². The van der Waals surface area contributed by atoms with Crippen LogP contribution in [0.3, 0.4) is 0 Å². The minimum absolute atomic E-state index is 0.109. The monoisotopic (exact) mass is 345 g/mol. The maximum atomic E-state index is 12.5. The van der Waals surface area contributed by atoms with Gasteiger partial charge in [-0.25, -0.2) is 4.68 Å². The zero-order valence-electron chi connectivity index (χ0n) is 12.9. The molecule has 0 fully saturated rings. The highest BCUT2D eigenvalue weighted by molar-refractivity contribution is 7.11. The summed E-state index contributed by atoms with van der Waals surface area (Å²) in [6.45, 7) is 2.64. The van der Waals surface area contributed by atoms with Crippen LogP contribution in [0.1, 0.15) is 20.2 Å². The van der Waals surface area contributed by atoms with Crippen molar-refractivity contribution in [1.82, 2.24) is 14.7 Å². The third kappa shape index (κ3) is 3.46. The van der Waals surface area contributed by atoms with Gasteiger partial charge >= 0.3 is 0 Å². The van der Waals surface area contributed by atoms with Gasteiger partial charge in [0.1, 0.15) is 0 Å². The van der Waals surface area contributed by atoms with Gasteiger partial charge in [0.25, 0.3) is 5.91 Å². The van der Waals surface area contributed by atoms with Crippen LogP contribution in [0.4, 0.5) is 0 Å². The van der Waals surface area contributed by atoms with E-state index in [1.807, 2.05) is 24.3 Å². The van der Waals surface area contributed by atoms with Gasteiger partial charge in [-0.15, -0.1) is 11.3 Å². The number of aryl methyl sites for hydroxylation is 1. The molecule has 1 amide bonds. The maximum absolute atomic E-state index is 12.5. The van der Waals surface area contributed by atoms with Gasteiger partial charge in [-0.1, -0.05) is 23.7 Å². The fourth-order valence-corrected chi connectivity index (χ4v) is 3.45. The molecule has 23 heavy (non-hydrogen) atoms. The largest absolute Gasteiger partial charge is 0.335 e. The molecule has 0 aliphatic carbocycles. The van der Waals surface area contributed by atoms with E-state index in [-0.39, 0.29) is 5.91 Å². The summed E-state index contributed by atoms with van der Waals surface area (Å²) in [5, 5.41) is 4.95. The molecule has 3 aromatic rings. The minimum atomic E-state index is -0.109. The van der Waals surface area contributed by atoms with Gasteiger partial charge in [0.05, 0.1) is 17.3 Å². The van der Waals surface area contributed by atoms with Gasteiger partial charge in [-0.2, -0.15) is 5.10 Å². The molecule has 2 aromatic heterocycles. The van der Waals surface area contributed by atoms with E-state index in [2.05, 4.69) is 18.1 Å². The Balaban J connectivity index is 1.77. The molecule has 0 bridgehead atoms. The summed E-state index contributed by atoms with van der Waals surface area (Å²) in [5.41, 5.74) is 1.16. The van der Waals surface area contributed by atoms with Crippen LogP contribution in [0.2, 0.25) is 5.02 Å². The number of benzene rings is 1. The predicted octanol–water partition coefficient (Wildman–Crippen LogP) is 4.17. The fraction of sp³-hybridized carbons (Fsp3) is 0.176. The SMILES string of the molecule is Cc1ccc(CN(C)C(=O)c2ccn(-c3ccccc3Cl)n2)s1. The van der Waals surface area contributed by atoms with Crippen LogP contribution in [-0.2, 0) is 6.54 Å². The second-order valence-corrected chi connectivity index (χ2v) is 7.05. The second kappa shape index (κ2) is 6.56. The van der Waals surface area contributed by atoms with Crippen molar-refractivity contribution in [3.05, 3.63) is 69.1 Å². The summed E-state index contributed by atoms with van der Waals surface area (Å²) in [6, 6.07) is 13.2. The first-order valence-corrected chi connectivity index (χ1v) is 8.35. The van der Waals surface area contributed by atoms with Crippen LogP contribution in [0, 0.1) is 6.92 Å². The molecule has 0 radical (unpaired) electrons. The van der Waals surface area contributed by atoms with Crippen LogP contribution in [0.15, 0.2) is 48.7 Å². The number of carbonyl (C=O) groups is 1. The zero-order valence-corrected chi connectivity index (χ0v) is 14.4. The van der Waals surface area contributed by atoms with E-state index in [1.165, 1.54) is 4.88 Å². The number of rotatable bonds is 4. The molecule has 0 unspecified atom stereocenters. The number of hydrogen-bond donors (Lipinski definition) is 0. The van der Waals surface area contributed by atoms with Crippen molar-refractivity contribution in [1.29, 1.82) is 0 Å². The number of carbonyl (C=O) groups excluding carboxylic acids is 1. The first-order valence-electron chi connectivity index (χ1n) is 7.16. The lowest BCUT2D eigenvalue weighted by Gasteiger charge is -2.14. The minimum Gasteiger partial charge on any atom is -0.335 e. The molecule has 4 nitrogen and oxygen atoms in total. The Labute approximate surface area is 143 Å². The Hall–Kier alpha value is -2.11. The molecule has 118 valence electrons. The molecular weight excluding hydrogens is 330 g/mol. The molecule has 3 rings (SSSR count). The lowest BCUT2D eigenvalue weighted by atomic mass is 10.3. The van der Waals surface area contributed by atoms with E-state index in [4.69, 9.17) is 11.6 Å². The normalized spacial score (nSPS) is 10.7. The number of hydrogen-bond acceptors (Lipinski definition) is 3. The van der Waals surface area contributed by atoms with Crippen molar-refractivity contribution in [2.45, 2.75) is 13.5 Å². The molecule has 0 aliphatic heterocycles. The third-order valence-corrected chi connectivity index (χ3v) is 4.75. The molecular formula is C17H16ClN3OS. The average molecular weight is 346 g/mol. The molecule has 2 heterocycles. The number of para-hydroxylation sites is 1. The molecule has 0 aliphatic rings. The summed E-state index contributed by atoms with van der Waals surface area (Å²) in [7, 11) is 1.78. The lowest BCUT2D eigenvalue weighted by molar-refractivity contribution is 0.0780. The Morgan fingerprint density at radius 1 is 1.26 bits per heavy atom. The van der Waals surface area contributed by atoms with Crippen LogP contribution in [-0.4, -0.2) is 27.6 Å². The van der Waals surface area contributed by atoms with Crippen LogP contribution < -0.4 is 0 Å². The van der Waals surface area contributed by atoms with Gasteiger partial charge in [-0.05, 0) is 37.3 Å². The van der Waals surface area contributed by atoms with Crippen molar-refractivity contribution in [3.63, 3.8) is 0 Å². The standard InChI is InChI=1S/C17H16ClN3OS/c1-12-7-8-13(23-12)11-20(2)17(22)15-9-10-21(19-15)16-6-4-3-5-14(16)18/h3-10H,11H2,1-2H3. The Morgan fingerprint density at radius 3 is 2.74 bits per heavy atom. The van der Waals surface area contributed by atoms with Crippen molar-refractivity contribution in [2.75, 3.05) is 7.05 Å². The predicted molar refractivity (Wildman–Crippen MR) is 93.4 cm³/mol. The summed E-state index contributed by atoms with van der Waals surface area (Å²) >= 11 is 7.86. The quantitative estimate of drug-likeness (QED) is 0.711. The summed E-state index contributed by atoms with van der Waals surface area (Å²) in [5.74, 6) is -0.109. The second-order valence-electron chi connectivity index (χ2n) is 5.27. The van der Waals surface area contributed by atoms with E-state index >= 15 is 0 Å². The van der Waals surface area contributed by atoms with Crippen LogP contribution in [0.25, 0.3) is 5.69 Å². The molecule has 0 saturated heterocycles. The summed E-state index contributed by atoms with van der Waals surface area (Å²) in [6.07, 6.45) is 1.75. The number of thiophene rings is 1. The van der Waals surface area contributed by atoms with Gasteiger partial charge in [-0.3, -0.25) is 4.79 Å². The smallest absolute Gasteiger partial charge is 0.274 e. The number of nitrogens with zero attached hydrogens (tertiary/aromatic N) is 3. The van der Waals surface area contributed by atoms with Gasteiger partial charge < -0.3 is 4.90 Å². The van der Waals surface area contributed by atoms with E-state index < -0.39 is 0 Å². The highest BCUT2D eigenvalue weighted by Crippen LogP contribution is 2.20. The van der Waals surface area contributed by atoms with E-state index in [9.17, 15) is 4.79 Å². The first-order chi connectivity index (χ1) is 11.0. The average Bonchev–Trinajstić information content (AvgIpc) is 3.16. The van der Waals surface area contributed by atoms with Crippen molar-refractivity contribution < 1.29 is 4.79 Å². The van der Waals surface area contributed by atoms with Crippen molar-refractivity contribution in [3.8, 4) is 5.69 Å². The van der Waals surface area contributed by atoms with Gasteiger partial charge in [0.2, 0.25) is 0 Å². The Morgan fingerprint density at radius 2 is 2.04 bits per heavy atom. The number of amides is 1. The lowest BCUT2D eigenvalue weighted by Crippen LogP contribution is -2.26. The van der Waals surface area contributed by atoms with Crippen LogP contribution >= 0.6 is 22.9 Å². The summed E-state index contributed by atoms with van der Waals surface area (Å²) < 4.78 is 1.62. The maximum Gasteiger partial charge on any atom is 0.274 e. The molecule has 0 atom stereocenters.